The maximum atomic E-state index is 12.6. The lowest BCUT2D eigenvalue weighted by Crippen LogP contribution is -2.44. The van der Waals surface area contributed by atoms with Crippen LogP contribution in [-0.4, -0.2) is 112 Å². The van der Waals surface area contributed by atoms with Crippen LogP contribution in [0.3, 0.4) is 0 Å². The number of hydroxylamine groups is 2. The molecule has 1 fully saturated rings. The second-order valence-corrected chi connectivity index (χ2v) is 10.5. The number of ether oxygens (including phenoxy) is 3. The monoisotopic (exact) mass is 595 g/mol. The standard InChI is InChI=1S/C28H53NO12/c1-5-9-20(10-6-2)28(36)41-29-14-12-22(33)26(24(17-31)40-29)37-15-13-19(8-4)27(35)39-18-38-23(16-30)25(34)21(32)11-7-3/h19-26,30-34H,5-18H2,1-4H3/t19?,21-,22?,23?,24?,25?,26?/m1/s1. The van der Waals surface area contributed by atoms with Crippen molar-refractivity contribution in [2.24, 2.45) is 11.8 Å². The fraction of sp³-hybridized carbons (Fsp3) is 0.929. The van der Waals surface area contributed by atoms with E-state index in [2.05, 4.69) is 0 Å². The third-order valence-electron chi connectivity index (χ3n) is 7.21. The van der Waals surface area contributed by atoms with Gasteiger partial charge in [0, 0.05) is 6.61 Å². The van der Waals surface area contributed by atoms with Gasteiger partial charge in [0.1, 0.15) is 24.4 Å². The number of hydrogen-bond acceptors (Lipinski definition) is 13. The van der Waals surface area contributed by atoms with Crippen LogP contribution in [0.5, 0.6) is 0 Å². The molecular formula is C28H53NO12. The first-order valence-corrected chi connectivity index (χ1v) is 15.0. The summed E-state index contributed by atoms with van der Waals surface area (Å²) in [5, 5.41) is 51.1. The zero-order valence-electron chi connectivity index (χ0n) is 25.1. The van der Waals surface area contributed by atoms with Crippen molar-refractivity contribution in [3.05, 3.63) is 0 Å². The number of rotatable bonds is 21. The fourth-order valence-corrected chi connectivity index (χ4v) is 4.69. The van der Waals surface area contributed by atoms with E-state index in [0.29, 0.717) is 32.1 Å². The van der Waals surface area contributed by atoms with Crippen molar-refractivity contribution in [2.75, 3.05) is 33.2 Å². The van der Waals surface area contributed by atoms with Gasteiger partial charge in [0.05, 0.1) is 43.8 Å². The van der Waals surface area contributed by atoms with Gasteiger partial charge in [-0.05, 0) is 43.8 Å². The third-order valence-corrected chi connectivity index (χ3v) is 7.21. The Morgan fingerprint density at radius 2 is 1.61 bits per heavy atom. The summed E-state index contributed by atoms with van der Waals surface area (Å²) in [7, 11) is 0. The van der Waals surface area contributed by atoms with Gasteiger partial charge in [-0.3, -0.25) is 9.63 Å². The molecule has 1 heterocycles. The molecular weight excluding hydrogens is 542 g/mol. The molecule has 13 nitrogen and oxygen atoms in total. The minimum atomic E-state index is -1.32. The zero-order valence-corrected chi connectivity index (χ0v) is 25.1. The molecule has 0 radical (unpaired) electrons. The summed E-state index contributed by atoms with van der Waals surface area (Å²) < 4.78 is 16.3. The van der Waals surface area contributed by atoms with Gasteiger partial charge < -0.3 is 44.6 Å². The van der Waals surface area contributed by atoms with E-state index in [-0.39, 0.29) is 31.9 Å². The average Bonchev–Trinajstić information content (AvgIpc) is 3.10. The van der Waals surface area contributed by atoms with Gasteiger partial charge in [-0.1, -0.05) is 47.0 Å². The van der Waals surface area contributed by atoms with Crippen LogP contribution in [-0.2, 0) is 33.5 Å². The van der Waals surface area contributed by atoms with Crippen molar-refractivity contribution in [3.8, 4) is 0 Å². The molecule has 0 bridgehead atoms. The van der Waals surface area contributed by atoms with E-state index in [1.165, 1.54) is 0 Å². The molecule has 0 aromatic carbocycles. The second-order valence-electron chi connectivity index (χ2n) is 10.5. The number of esters is 1. The lowest BCUT2D eigenvalue weighted by molar-refractivity contribution is -0.371. The Morgan fingerprint density at radius 3 is 2.17 bits per heavy atom. The average molecular weight is 596 g/mol. The molecule has 7 atom stereocenters. The lowest BCUT2D eigenvalue weighted by atomic mass is 9.99. The number of carbonyl (C=O) groups is 2. The zero-order chi connectivity index (χ0) is 30.8. The Balaban J connectivity index is 2.61. The summed E-state index contributed by atoms with van der Waals surface area (Å²) in [5.41, 5.74) is 0. The molecule has 13 heteroatoms. The van der Waals surface area contributed by atoms with Crippen molar-refractivity contribution in [3.63, 3.8) is 0 Å². The molecule has 41 heavy (non-hydrogen) atoms. The Kier molecular flexibility index (Phi) is 19.5. The minimum absolute atomic E-state index is 0.0477. The summed E-state index contributed by atoms with van der Waals surface area (Å²) in [6.07, 6.45) is -1.57. The predicted molar refractivity (Wildman–Crippen MR) is 147 cm³/mol. The molecule has 6 unspecified atom stereocenters. The summed E-state index contributed by atoms with van der Waals surface area (Å²) in [6, 6.07) is 0. The molecule has 242 valence electrons. The number of carbonyl (C=O) groups excluding carboxylic acids is 2. The topological polar surface area (TPSA) is 185 Å². The lowest BCUT2D eigenvalue weighted by Gasteiger charge is -2.28. The van der Waals surface area contributed by atoms with Crippen LogP contribution in [0.1, 0.15) is 85.5 Å². The number of hydrogen-bond donors (Lipinski definition) is 5. The second kappa shape index (κ2) is 21.3. The van der Waals surface area contributed by atoms with Crippen molar-refractivity contribution < 1.29 is 59.0 Å². The summed E-state index contributed by atoms with van der Waals surface area (Å²) in [5.74, 6) is -1.81. The van der Waals surface area contributed by atoms with Crippen LogP contribution in [0, 0.1) is 11.8 Å². The predicted octanol–water partition coefficient (Wildman–Crippen LogP) is 1.22. The smallest absolute Gasteiger partial charge is 0.331 e. The molecule has 0 aromatic rings. The van der Waals surface area contributed by atoms with E-state index in [9.17, 15) is 35.1 Å². The highest BCUT2D eigenvalue weighted by Gasteiger charge is 2.37. The van der Waals surface area contributed by atoms with Crippen LogP contribution in [0.15, 0.2) is 0 Å². The van der Waals surface area contributed by atoms with Crippen LogP contribution in [0.2, 0.25) is 0 Å². The SMILES string of the molecule is CCCC(CCC)C(=O)ON1CCC(O)C(OCCC(CC)C(=O)OCOC(CO)C(O)[C@H](O)CCC)C(CO)O1. The normalized spacial score (nSPS) is 23.0. The van der Waals surface area contributed by atoms with E-state index < -0.39 is 74.5 Å². The van der Waals surface area contributed by atoms with Gasteiger partial charge in [-0.25, -0.2) is 4.79 Å². The van der Waals surface area contributed by atoms with Gasteiger partial charge in [0.15, 0.2) is 6.79 Å². The molecule has 0 aliphatic carbocycles. The van der Waals surface area contributed by atoms with Crippen molar-refractivity contribution >= 4 is 11.9 Å². The third kappa shape index (κ3) is 13.2. The molecule has 1 rings (SSSR count). The first kappa shape index (κ1) is 37.6. The summed E-state index contributed by atoms with van der Waals surface area (Å²) >= 11 is 0. The number of aliphatic hydroxyl groups excluding tert-OH is 5. The number of aliphatic hydroxyl groups is 5. The summed E-state index contributed by atoms with van der Waals surface area (Å²) in [6.45, 7) is 6.21. The maximum Gasteiger partial charge on any atom is 0.331 e. The molecule has 0 spiro atoms. The Morgan fingerprint density at radius 1 is 0.951 bits per heavy atom. The number of nitrogens with zero attached hydrogens (tertiary/aromatic N) is 1. The molecule has 0 amide bonds. The highest BCUT2D eigenvalue weighted by molar-refractivity contribution is 5.72. The molecule has 1 aliphatic heterocycles. The van der Waals surface area contributed by atoms with Gasteiger partial charge >= 0.3 is 11.9 Å². The van der Waals surface area contributed by atoms with Gasteiger partial charge in [0.25, 0.3) is 0 Å². The Hall–Kier alpha value is -1.42. The molecule has 1 aliphatic rings. The van der Waals surface area contributed by atoms with E-state index >= 15 is 0 Å². The fourth-order valence-electron chi connectivity index (χ4n) is 4.69. The first-order valence-electron chi connectivity index (χ1n) is 15.0. The van der Waals surface area contributed by atoms with Gasteiger partial charge in [-0.15, -0.1) is 0 Å². The van der Waals surface area contributed by atoms with Crippen LogP contribution in [0.25, 0.3) is 0 Å². The quantitative estimate of drug-likeness (QED) is 0.0943. The largest absolute Gasteiger partial charge is 0.438 e. The van der Waals surface area contributed by atoms with Crippen LogP contribution < -0.4 is 0 Å². The van der Waals surface area contributed by atoms with E-state index in [1.54, 1.807) is 6.92 Å². The van der Waals surface area contributed by atoms with E-state index in [0.717, 1.165) is 18.1 Å². The van der Waals surface area contributed by atoms with Gasteiger partial charge in [0.2, 0.25) is 0 Å². The summed E-state index contributed by atoms with van der Waals surface area (Å²) in [4.78, 5) is 36.3. The Labute approximate surface area is 243 Å². The Bertz CT molecular complexity index is 708. The van der Waals surface area contributed by atoms with E-state index in [4.69, 9.17) is 23.9 Å². The first-order chi connectivity index (χ1) is 19.7. The highest BCUT2D eigenvalue weighted by Crippen LogP contribution is 2.23. The highest BCUT2D eigenvalue weighted by atomic mass is 17.0. The van der Waals surface area contributed by atoms with Crippen LogP contribution in [0.4, 0.5) is 0 Å². The van der Waals surface area contributed by atoms with Crippen LogP contribution >= 0.6 is 0 Å². The van der Waals surface area contributed by atoms with Crippen molar-refractivity contribution in [2.45, 2.75) is 122 Å². The molecule has 1 saturated heterocycles. The molecule has 0 saturated carbocycles. The minimum Gasteiger partial charge on any atom is -0.438 e. The maximum absolute atomic E-state index is 12.6. The molecule has 5 N–H and O–H groups in total. The van der Waals surface area contributed by atoms with E-state index in [1.807, 2.05) is 20.8 Å². The van der Waals surface area contributed by atoms with Crippen molar-refractivity contribution in [1.29, 1.82) is 0 Å². The van der Waals surface area contributed by atoms with Gasteiger partial charge in [-0.2, -0.15) is 0 Å². The molecule has 0 aromatic heterocycles. The van der Waals surface area contributed by atoms with Crippen molar-refractivity contribution in [1.82, 2.24) is 5.23 Å².